The normalized spacial score (nSPS) is 10.7. The Balaban J connectivity index is 1.62. The number of nitrogens with zero attached hydrogens (tertiary/aromatic N) is 8. The van der Waals surface area contributed by atoms with Gasteiger partial charge in [0.05, 0.1) is 32.0 Å². The fourth-order valence-electron chi connectivity index (χ4n) is 2.62. The summed E-state index contributed by atoms with van der Waals surface area (Å²) < 4.78 is 13.7. The summed E-state index contributed by atoms with van der Waals surface area (Å²) in [7, 11) is 3.24. The second kappa shape index (κ2) is 7.20. The number of hydrogen-bond donors (Lipinski definition) is 0. The molecule has 0 radical (unpaired) electrons. The predicted octanol–water partition coefficient (Wildman–Crippen LogP) is 1.25. The summed E-state index contributed by atoms with van der Waals surface area (Å²) in [4.78, 5) is 0. The Labute approximate surface area is 154 Å². The van der Waals surface area contributed by atoms with Crippen LogP contribution in [-0.4, -0.2) is 54.6 Å². The van der Waals surface area contributed by atoms with Gasteiger partial charge in [0.15, 0.2) is 11.6 Å². The van der Waals surface area contributed by atoms with E-state index in [1.165, 1.54) is 0 Å². The van der Waals surface area contributed by atoms with Crippen molar-refractivity contribution < 1.29 is 9.47 Å². The maximum atomic E-state index is 5.18. The van der Waals surface area contributed by atoms with Crippen LogP contribution >= 0.6 is 0 Å². The molecule has 2 heterocycles. The Morgan fingerprint density at radius 2 is 1.07 bits per heavy atom. The van der Waals surface area contributed by atoms with Gasteiger partial charge in [0.25, 0.3) is 0 Å². The largest absolute Gasteiger partial charge is 0.497 e. The molecule has 0 amide bonds. The van der Waals surface area contributed by atoms with E-state index in [-0.39, 0.29) is 0 Å². The Morgan fingerprint density at radius 1 is 0.667 bits per heavy atom. The highest BCUT2D eigenvalue weighted by Gasteiger charge is 2.15. The quantitative estimate of drug-likeness (QED) is 0.503. The highest BCUT2D eigenvalue weighted by molar-refractivity contribution is 5.38. The molecule has 2 aromatic heterocycles. The third kappa shape index (κ3) is 3.32. The molecule has 136 valence electrons. The number of rotatable bonds is 6. The molecule has 10 heteroatoms. The van der Waals surface area contributed by atoms with Crippen molar-refractivity contribution in [2.75, 3.05) is 14.2 Å². The predicted molar refractivity (Wildman–Crippen MR) is 94.2 cm³/mol. The summed E-state index contributed by atoms with van der Waals surface area (Å²) in [5.41, 5.74) is 1.64. The fraction of sp³-hybridized carbons (Fsp3) is 0.176. The average molecular weight is 364 g/mol. The Morgan fingerprint density at radius 3 is 1.44 bits per heavy atom. The van der Waals surface area contributed by atoms with E-state index in [2.05, 4.69) is 31.1 Å². The fourth-order valence-corrected chi connectivity index (χ4v) is 2.62. The first-order chi connectivity index (χ1) is 13.3. The molecule has 0 N–H and O–H groups in total. The van der Waals surface area contributed by atoms with Crippen LogP contribution in [0.5, 0.6) is 11.5 Å². The van der Waals surface area contributed by atoms with Crippen LogP contribution in [0, 0.1) is 0 Å². The lowest BCUT2D eigenvalue weighted by atomic mass is 10.2. The molecule has 0 bridgehead atoms. The maximum absolute atomic E-state index is 5.18. The van der Waals surface area contributed by atoms with Gasteiger partial charge < -0.3 is 9.47 Å². The topological polar surface area (TPSA) is 106 Å². The highest BCUT2D eigenvalue weighted by Crippen LogP contribution is 2.18. The standard InChI is InChI=1S/C17H16N8O2/c1-26-14-7-3-12(4-8-14)24-16(18-20-22-24)11-17-19-21-23-25(17)13-5-9-15(27-2)10-6-13/h3-10H,11H2,1-2H3. The van der Waals surface area contributed by atoms with Crippen molar-refractivity contribution >= 4 is 0 Å². The zero-order chi connectivity index (χ0) is 18.6. The number of benzene rings is 2. The van der Waals surface area contributed by atoms with Crippen LogP contribution < -0.4 is 9.47 Å². The van der Waals surface area contributed by atoms with Gasteiger partial charge in [0.2, 0.25) is 0 Å². The Bertz CT molecular complexity index is 940. The van der Waals surface area contributed by atoms with Gasteiger partial charge in [-0.2, -0.15) is 9.36 Å². The van der Waals surface area contributed by atoms with Gasteiger partial charge in [-0.25, -0.2) is 0 Å². The lowest BCUT2D eigenvalue weighted by Crippen LogP contribution is -2.09. The van der Waals surface area contributed by atoms with E-state index < -0.39 is 0 Å². The van der Waals surface area contributed by atoms with E-state index in [1.807, 2.05) is 48.5 Å². The molecule has 2 aromatic carbocycles. The van der Waals surface area contributed by atoms with E-state index in [0.717, 1.165) is 22.9 Å². The van der Waals surface area contributed by atoms with Crippen molar-refractivity contribution in [3.05, 3.63) is 60.2 Å². The van der Waals surface area contributed by atoms with Crippen LogP contribution in [0.3, 0.4) is 0 Å². The third-order valence-electron chi connectivity index (χ3n) is 4.02. The lowest BCUT2D eigenvalue weighted by molar-refractivity contribution is 0.414. The van der Waals surface area contributed by atoms with Crippen LogP contribution in [-0.2, 0) is 6.42 Å². The average Bonchev–Trinajstić information content (AvgIpc) is 3.38. The van der Waals surface area contributed by atoms with Gasteiger partial charge in [0.1, 0.15) is 11.5 Å². The molecular weight excluding hydrogens is 348 g/mol. The zero-order valence-electron chi connectivity index (χ0n) is 14.7. The first-order valence-corrected chi connectivity index (χ1v) is 8.12. The van der Waals surface area contributed by atoms with Crippen molar-refractivity contribution in [2.24, 2.45) is 0 Å². The molecule has 27 heavy (non-hydrogen) atoms. The number of hydrogen-bond acceptors (Lipinski definition) is 8. The molecule has 0 aliphatic heterocycles. The lowest BCUT2D eigenvalue weighted by Gasteiger charge is -2.07. The SMILES string of the molecule is COc1ccc(-n2nnnc2Cc2nnnn2-c2ccc(OC)cc2)cc1. The minimum Gasteiger partial charge on any atom is -0.497 e. The monoisotopic (exact) mass is 364 g/mol. The van der Waals surface area contributed by atoms with Crippen LogP contribution in [0.1, 0.15) is 11.6 Å². The molecule has 0 atom stereocenters. The molecule has 0 saturated heterocycles. The van der Waals surface area contributed by atoms with Crippen molar-refractivity contribution in [2.45, 2.75) is 6.42 Å². The molecule has 0 fully saturated rings. The molecule has 0 spiro atoms. The summed E-state index contributed by atoms with van der Waals surface area (Å²) in [5, 5.41) is 23.9. The second-order valence-corrected chi connectivity index (χ2v) is 5.59. The minimum atomic E-state index is 0.359. The number of tetrazole rings is 2. The van der Waals surface area contributed by atoms with Gasteiger partial charge in [0, 0.05) is 0 Å². The van der Waals surface area contributed by atoms with E-state index in [9.17, 15) is 0 Å². The van der Waals surface area contributed by atoms with E-state index in [0.29, 0.717) is 18.1 Å². The smallest absolute Gasteiger partial charge is 0.164 e. The molecular formula is C17H16N8O2. The number of methoxy groups -OCH3 is 2. The minimum absolute atomic E-state index is 0.359. The molecule has 0 unspecified atom stereocenters. The van der Waals surface area contributed by atoms with Gasteiger partial charge >= 0.3 is 0 Å². The van der Waals surface area contributed by atoms with Crippen LogP contribution in [0.15, 0.2) is 48.5 Å². The molecule has 0 aliphatic rings. The van der Waals surface area contributed by atoms with Gasteiger partial charge in [-0.05, 0) is 69.4 Å². The maximum Gasteiger partial charge on any atom is 0.164 e. The Hall–Kier alpha value is -3.82. The van der Waals surface area contributed by atoms with Gasteiger partial charge in [-0.15, -0.1) is 10.2 Å². The van der Waals surface area contributed by atoms with Crippen molar-refractivity contribution in [3.8, 4) is 22.9 Å². The van der Waals surface area contributed by atoms with Crippen molar-refractivity contribution in [1.82, 2.24) is 40.4 Å². The molecule has 4 aromatic rings. The summed E-state index contributed by atoms with van der Waals surface area (Å²) in [6, 6.07) is 14.9. The van der Waals surface area contributed by atoms with Crippen molar-refractivity contribution in [1.29, 1.82) is 0 Å². The molecule has 0 aliphatic carbocycles. The van der Waals surface area contributed by atoms with E-state index in [4.69, 9.17) is 9.47 Å². The van der Waals surface area contributed by atoms with Gasteiger partial charge in [-0.3, -0.25) is 0 Å². The number of aromatic nitrogens is 8. The Kier molecular flexibility index (Phi) is 4.44. The van der Waals surface area contributed by atoms with Crippen molar-refractivity contribution in [3.63, 3.8) is 0 Å². The molecule has 0 saturated carbocycles. The summed E-state index contributed by atoms with van der Waals surface area (Å²) >= 11 is 0. The summed E-state index contributed by atoms with van der Waals surface area (Å²) in [5.74, 6) is 2.75. The molecule has 4 rings (SSSR count). The second-order valence-electron chi connectivity index (χ2n) is 5.59. The molecule has 10 nitrogen and oxygen atoms in total. The van der Waals surface area contributed by atoms with Crippen LogP contribution in [0.4, 0.5) is 0 Å². The zero-order valence-corrected chi connectivity index (χ0v) is 14.7. The van der Waals surface area contributed by atoms with Crippen LogP contribution in [0.2, 0.25) is 0 Å². The van der Waals surface area contributed by atoms with Crippen LogP contribution in [0.25, 0.3) is 11.4 Å². The van der Waals surface area contributed by atoms with E-state index in [1.54, 1.807) is 23.6 Å². The first-order valence-electron chi connectivity index (χ1n) is 8.12. The highest BCUT2D eigenvalue weighted by atomic mass is 16.5. The van der Waals surface area contributed by atoms with Gasteiger partial charge in [-0.1, -0.05) is 0 Å². The third-order valence-corrected chi connectivity index (χ3v) is 4.02. The van der Waals surface area contributed by atoms with E-state index >= 15 is 0 Å². The first kappa shape index (κ1) is 16.6. The summed E-state index contributed by atoms with van der Waals surface area (Å²) in [6.45, 7) is 0. The summed E-state index contributed by atoms with van der Waals surface area (Å²) in [6.07, 6.45) is 0.359. The number of ether oxygens (including phenoxy) is 2.